The molecule has 7 heteroatoms. The molecule has 0 aromatic heterocycles. The van der Waals surface area contributed by atoms with Gasteiger partial charge in [-0.3, -0.25) is 14.4 Å². The van der Waals surface area contributed by atoms with Gasteiger partial charge in [0.05, 0.1) is 18.6 Å². The van der Waals surface area contributed by atoms with Gasteiger partial charge in [0.25, 0.3) is 0 Å². The second-order valence-corrected chi connectivity index (χ2v) is 8.75. The van der Waals surface area contributed by atoms with Crippen LogP contribution in [0.1, 0.15) is 36.8 Å². The van der Waals surface area contributed by atoms with Crippen LogP contribution in [0.5, 0.6) is 0 Å². The third-order valence-corrected chi connectivity index (χ3v) is 5.95. The van der Waals surface area contributed by atoms with E-state index in [0.29, 0.717) is 25.8 Å². The van der Waals surface area contributed by atoms with Crippen molar-refractivity contribution in [2.75, 3.05) is 19.8 Å². The molecule has 0 bridgehead atoms. The number of allylic oxidation sites excluding steroid dienone is 2. The summed E-state index contributed by atoms with van der Waals surface area (Å²) in [6.45, 7) is 0.496. The zero-order valence-corrected chi connectivity index (χ0v) is 20.0. The standard InChI is InChI=1S/C28H34N2O5/c31-17-16-30(20-23-12-6-2-7-13-23)26(32)19-24-14-8-3-9-15-27(33)35-21-25(29-28(24)34)18-22-10-4-1-5-11-22/h1-8,10-13,24-25,31H,9,14-21H2,(H,29,34)/b8-3-/t24-,25+/m0/s1. The van der Waals surface area contributed by atoms with Crippen molar-refractivity contribution < 1.29 is 24.2 Å². The number of hydrogen-bond donors (Lipinski definition) is 2. The Morgan fingerprint density at radius 3 is 2.37 bits per heavy atom. The monoisotopic (exact) mass is 478 g/mol. The van der Waals surface area contributed by atoms with E-state index in [9.17, 15) is 19.5 Å². The molecule has 2 N–H and O–H groups in total. The molecule has 0 unspecified atom stereocenters. The molecule has 2 aromatic rings. The minimum absolute atomic E-state index is 0.0286. The number of rotatable bonds is 8. The Morgan fingerprint density at radius 2 is 1.69 bits per heavy atom. The molecule has 1 aliphatic rings. The smallest absolute Gasteiger partial charge is 0.306 e. The van der Waals surface area contributed by atoms with Crippen molar-refractivity contribution in [1.29, 1.82) is 0 Å². The topological polar surface area (TPSA) is 95.9 Å². The first-order valence-electron chi connectivity index (χ1n) is 12.1. The van der Waals surface area contributed by atoms with E-state index >= 15 is 0 Å². The van der Waals surface area contributed by atoms with Gasteiger partial charge in [-0.1, -0.05) is 72.8 Å². The Hall–Kier alpha value is -3.45. The summed E-state index contributed by atoms with van der Waals surface area (Å²) in [5, 5.41) is 12.5. The Bertz CT molecular complexity index is 977. The minimum atomic E-state index is -0.566. The van der Waals surface area contributed by atoms with Gasteiger partial charge in [-0.2, -0.15) is 0 Å². The van der Waals surface area contributed by atoms with Crippen LogP contribution in [0.2, 0.25) is 0 Å². The SMILES string of the molecule is O=C1CC/C=C\C[C@@H](CC(=O)N(CCO)Cc2ccccc2)C(=O)N[C@H](Cc2ccccc2)CO1. The van der Waals surface area contributed by atoms with Gasteiger partial charge in [-0.25, -0.2) is 0 Å². The van der Waals surface area contributed by atoms with Crippen molar-refractivity contribution in [2.24, 2.45) is 5.92 Å². The number of carbonyl (C=O) groups excluding carboxylic acids is 3. The predicted octanol–water partition coefficient (Wildman–Crippen LogP) is 3.02. The van der Waals surface area contributed by atoms with Crippen molar-refractivity contribution in [1.82, 2.24) is 10.2 Å². The Labute approximate surface area is 206 Å². The van der Waals surface area contributed by atoms with Crippen LogP contribution in [0.15, 0.2) is 72.8 Å². The molecule has 1 heterocycles. The van der Waals surface area contributed by atoms with Gasteiger partial charge >= 0.3 is 5.97 Å². The van der Waals surface area contributed by atoms with Gasteiger partial charge in [0.15, 0.2) is 0 Å². The van der Waals surface area contributed by atoms with Crippen LogP contribution in [-0.2, 0) is 32.1 Å². The van der Waals surface area contributed by atoms with Crippen molar-refractivity contribution in [3.8, 4) is 0 Å². The molecule has 186 valence electrons. The number of aliphatic hydroxyl groups is 1. The number of nitrogens with one attached hydrogen (secondary N) is 1. The van der Waals surface area contributed by atoms with Crippen molar-refractivity contribution in [3.63, 3.8) is 0 Å². The molecule has 0 aliphatic carbocycles. The summed E-state index contributed by atoms with van der Waals surface area (Å²) in [4.78, 5) is 40.1. The lowest BCUT2D eigenvalue weighted by Crippen LogP contribution is -2.44. The van der Waals surface area contributed by atoms with Crippen LogP contribution in [0.3, 0.4) is 0 Å². The van der Waals surface area contributed by atoms with E-state index in [1.54, 1.807) is 4.90 Å². The Kier molecular flexibility index (Phi) is 10.5. The molecule has 0 saturated carbocycles. The van der Waals surface area contributed by atoms with E-state index in [4.69, 9.17) is 4.74 Å². The number of aliphatic hydroxyl groups excluding tert-OH is 1. The lowest BCUT2D eigenvalue weighted by molar-refractivity contribution is -0.145. The average Bonchev–Trinajstić information content (AvgIpc) is 2.86. The summed E-state index contributed by atoms with van der Waals surface area (Å²) in [5.41, 5.74) is 1.98. The zero-order chi connectivity index (χ0) is 24.9. The molecule has 3 rings (SSSR count). The van der Waals surface area contributed by atoms with E-state index in [1.165, 1.54) is 0 Å². The van der Waals surface area contributed by atoms with Crippen LogP contribution in [-0.4, -0.2) is 53.6 Å². The van der Waals surface area contributed by atoms with Gasteiger partial charge in [0.1, 0.15) is 6.61 Å². The molecule has 2 atom stereocenters. The molecular formula is C28H34N2O5. The highest BCUT2D eigenvalue weighted by Crippen LogP contribution is 2.17. The minimum Gasteiger partial charge on any atom is -0.463 e. The first-order valence-corrected chi connectivity index (χ1v) is 12.1. The van der Waals surface area contributed by atoms with Gasteiger partial charge in [0.2, 0.25) is 11.8 Å². The molecule has 7 nitrogen and oxygen atoms in total. The molecule has 0 radical (unpaired) electrons. The van der Waals surface area contributed by atoms with Crippen LogP contribution < -0.4 is 5.32 Å². The number of esters is 1. The number of hydrogen-bond acceptors (Lipinski definition) is 5. The number of benzene rings is 2. The summed E-state index contributed by atoms with van der Waals surface area (Å²) in [6.07, 6.45) is 5.43. The van der Waals surface area contributed by atoms with E-state index in [0.717, 1.165) is 11.1 Å². The quantitative estimate of drug-likeness (QED) is 0.449. The number of nitrogens with zero attached hydrogens (tertiary/aromatic N) is 1. The second kappa shape index (κ2) is 14.1. The Morgan fingerprint density at radius 1 is 1.00 bits per heavy atom. The Balaban J connectivity index is 1.73. The highest BCUT2D eigenvalue weighted by molar-refractivity contribution is 5.86. The van der Waals surface area contributed by atoms with Crippen LogP contribution in [0, 0.1) is 5.92 Å². The van der Waals surface area contributed by atoms with Crippen molar-refractivity contribution >= 4 is 17.8 Å². The van der Waals surface area contributed by atoms with Gasteiger partial charge in [0, 0.05) is 25.9 Å². The molecule has 0 saturated heterocycles. The highest BCUT2D eigenvalue weighted by Gasteiger charge is 2.27. The molecule has 0 spiro atoms. The van der Waals surface area contributed by atoms with Crippen LogP contribution in [0.25, 0.3) is 0 Å². The molecule has 2 aromatic carbocycles. The maximum absolute atomic E-state index is 13.3. The van der Waals surface area contributed by atoms with Crippen LogP contribution >= 0.6 is 0 Å². The third kappa shape index (κ3) is 9.02. The lowest BCUT2D eigenvalue weighted by atomic mass is 9.97. The fourth-order valence-corrected chi connectivity index (χ4v) is 4.05. The van der Waals surface area contributed by atoms with E-state index < -0.39 is 12.0 Å². The lowest BCUT2D eigenvalue weighted by Gasteiger charge is -2.26. The molecule has 0 fully saturated rings. The number of cyclic esters (lactones) is 1. The van der Waals surface area contributed by atoms with Crippen molar-refractivity contribution in [3.05, 3.63) is 83.9 Å². The van der Waals surface area contributed by atoms with E-state index in [-0.39, 0.29) is 50.4 Å². The number of carbonyl (C=O) groups is 3. The van der Waals surface area contributed by atoms with Crippen LogP contribution in [0.4, 0.5) is 0 Å². The van der Waals surface area contributed by atoms with E-state index in [2.05, 4.69) is 5.32 Å². The number of amides is 2. The maximum atomic E-state index is 13.3. The van der Waals surface area contributed by atoms with Crippen molar-refractivity contribution in [2.45, 2.75) is 44.7 Å². The highest BCUT2D eigenvalue weighted by atomic mass is 16.5. The first-order chi connectivity index (χ1) is 17.0. The summed E-state index contributed by atoms with van der Waals surface area (Å²) < 4.78 is 5.41. The third-order valence-electron chi connectivity index (χ3n) is 5.95. The largest absolute Gasteiger partial charge is 0.463 e. The first kappa shape index (κ1) is 26.2. The molecule has 2 amide bonds. The fourth-order valence-electron chi connectivity index (χ4n) is 4.05. The normalized spacial score (nSPS) is 20.0. The molecule has 1 aliphatic heterocycles. The average molecular weight is 479 g/mol. The van der Waals surface area contributed by atoms with Gasteiger partial charge in [-0.15, -0.1) is 0 Å². The predicted molar refractivity (Wildman–Crippen MR) is 133 cm³/mol. The molecular weight excluding hydrogens is 444 g/mol. The van der Waals surface area contributed by atoms with Gasteiger partial charge < -0.3 is 20.1 Å². The summed E-state index contributed by atoms with van der Waals surface area (Å²) in [7, 11) is 0. The molecule has 35 heavy (non-hydrogen) atoms. The maximum Gasteiger partial charge on any atom is 0.306 e. The van der Waals surface area contributed by atoms with Gasteiger partial charge in [-0.05, 0) is 30.4 Å². The second-order valence-electron chi connectivity index (χ2n) is 8.75. The fraction of sp³-hybridized carbons (Fsp3) is 0.393. The summed E-state index contributed by atoms with van der Waals surface area (Å²) in [5.74, 6) is -1.29. The summed E-state index contributed by atoms with van der Waals surface area (Å²) in [6, 6.07) is 18.9. The zero-order valence-electron chi connectivity index (χ0n) is 20.0. The number of ether oxygens (including phenoxy) is 1. The van der Waals surface area contributed by atoms with E-state index in [1.807, 2.05) is 72.8 Å². The summed E-state index contributed by atoms with van der Waals surface area (Å²) >= 11 is 0.